The first kappa shape index (κ1) is 11.9. The number of benzene rings is 1. The van der Waals surface area contributed by atoms with Crippen LogP contribution in [0.2, 0.25) is 0 Å². The lowest BCUT2D eigenvalue weighted by Gasteiger charge is -2.08. The standard InChI is InChI=1S/C14H15N3O2/c18-14(12-7-4-10-19-12)15-13-8-9-17(16-13)11-5-2-1-3-6-11/h1-3,5-6,8-9,12H,4,7,10H2,(H,15,16,18). The topological polar surface area (TPSA) is 56.2 Å². The van der Waals surface area contributed by atoms with Crippen LogP contribution in [0.3, 0.4) is 0 Å². The molecule has 1 fully saturated rings. The largest absolute Gasteiger partial charge is 0.368 e. The van der Waals surface area contributed by atoms with Gasteiger partial charge in [0.25, 0.3) is 5.91 Å². The second kappa shape index (κ2) is 5.24. The lowest BCUT2D eigenvalue weighted by Crippen LogP contribution is -2.27. The lowest BCUT2D eigenvalue weighted by molar-refractivity contribution is -0.124. The highest BCUT2D eigenvalue weighted by molar-refractivity contribution is 5.93. The first-order valence-electron chi connectivity index (χ1n) is 6.36. The molecule has 0 radical (unpaired) electrons. The number of amides is 1. The van der Waals surface area contributed by atoms with Gasteiger partial charge in [0.05, 0.1) is 5.69 Å². The Morgan fingerprint density at radius 1 is 1.32 bits per heavy atom. The van der Waals surface area contributed by atoms with Crippen molar-refractivity contribution in [2.45, 2.75) is 18.9 Å². The lowest BCUT2D eigenvalue weighted by atomic mass is 10.2. The van der Waals surface area contributed by atoms with Crippen molar-refractivity contribution in [1.29, 1.82) is 0 Å². The van der Waals surface area contributed by atoms with E-state index in [4.69, 9.17) is 4.74 Å². The number of carbonyl (C=O) groups is 1. The zero-order chi connectivity index (χ0) is 13.1. The summed E-state index contributed by atoms with van der Waals surface area (Å²) in [5.74, 6) is 0.431. The molecule has 0 aliphatic carbocycles. The molecular formula is C14H15N3O2. The average Bonchev–Trinajstić information content (AvgIpc) is 3.11. The molecule has 1 aliphatic rings. The summed E-state index contributed by atoms with van der Waals surface area (Å²) in [4.78, 5) is 11.9. The molecule has 3 rings (SSSR count). The van der Waals surface area contributed by atoms with Gasteiger partial charge in [-0.05, 0) is 25.0 Å². The molecule has 0 spiro atoms. The second-order valence-electron chi connectivity index (χ2n) is 4.47. The number of hydrogen-bond acceptors (Lipinski definition) is 3. The Morgan fingerprint density at radius 3 is 2.89 bits per heavy atom. The van der Waals surface area contributed by atoms with Crippen LogP contribution in [-0.2, 0) is 9.53 Å². The molecule has 1 aliphatic heterocycles. The Bertz CT molecular complexity index is 559. The van der Waals surface area contributed by atoms with Crippen molar-refractivity contribution in [3.63, 3.8) is 0 Å². The van der Waals surface area contributed by atoms with Gasteiger partial charge in [-0.25, -0.2) is 4.68 Å². The molecule has 1 N–H and O–H groups in total. The summed E-state index contributed by atoms with van der Waals surface area (Å²) >= 11 is 0. The maximum atomic E-state index is 11.9. The molecule has 2 heterocycles. The van der Waals surface area contributed by atoms with E-state index < -0.39 is 0 Å². The van der Waals surface area contributed by atoms with Crippen molar-refractivity contribution in [2.24, 2.45) is 0 Å². The summed E-state index contributed by atoms with van der Waals surface area (Å²) in [6.45, 7) is 0.663. The van der Waals surface area contributed by atoms with E-state index in [-0.39, 0.29) is 12.0 Å². The fourth-order valence-electron chi connectivity index (χ4n) is 2.11. The van der Waals surface area contributed by atoms with Crippen molar-refractivity contribution in [3.8, 4) is 5.69 Å². The summed E-state index contributed by atoms with van der Waals surface area (Å²) < 4.78 is 7.06. The highest BCUT2D eigenvalue weighted by atomic mass is 16.5. The minimum Gasteiger partial charge on any atom is -0.368 e. The molecule has 0 saturated carbocycles. The maximum Gasteiger partial charge on any atom is 0.254 e. The first-order valence-corrected chi connectivity index (χ1v) is 6.36. The highest BCUT2D eigenvalue weighted by Crippen LogP contribution is 2.15. The van der Waals surface area contributed by atoms with Crippen LogP contribution in [0.15, 0.2) is 42.6 Å². The minimum absolute atomic E-state index is 0.115. The number of anilines is 1. The van der Waals surface area contributed by atoms with Gasteiger partial charge in [-0.3, -0.25) is 4.79 Å². The fourth-order valence-corrected chi connectivity index (χ4v) is 2.11. The van der Waals surface area contributed by atoms with Gasteiger partial charge in [-0.1, -0.05) is 18.2 Å². The summed E-state index contributed by atoms with van der Waals surface area (Å²) in [7, 11) is 0. The average molecular weight is 257 g/mol. The normalized spacial score (nSPS) is 18.4. The van der Waals surface area contributed by atoms with Crippen LogP contribution in [0.5, 0.6) is 0 Å². The molecule has 1 saturated heterocycles. The van der Waals surface area contributed by atoms with Crippen molar-refractivity contribution in [2.75, 3.05) is 11.9 Å². The van der Waals surface area contributed by atoms with Crippen LogP contribution in [0.1, 0.15) is 12.8 Å². The summed E-state index contributed by atoms with van der Waals surface area (Å²) in [6.07, 6.45) is 3.21. The molecule has 5 heteroatoms. The second-order valence-corrected chi connectivity index (χ2v) is 4.47. The predicted octanol–water partition coefficient (Wildman–Crippen LogP) is 1.99. The molecule has 98 valence electrons. The molecule has 1 aromatic heterocycles. The van der Waals surface area contributed by atoms with Crippen molar-refractivity contribution in [3.05, 3.63) is 42.6 Å². The Balaban J connectivity index is 1.70. The van der Waals surface area contributed by atoms with E-state index in [0.717, 1.165) is 18.5 Å². The van der Waals surface area contributed by atoms with Gasteiger partial charge in [-0.2, -0.15) is 5.10 Å². The number of hydrogen-bond donors (Lipinski definition) is 1. The van der Waals surface area contributed by atoms with E-state index in [2.05, 4.69) is 10.4 Å². The van der Waals surface area contributed by atoms with Crippen molar-refractivity contribution < 1.29 is 9.53 Å². The third-order valence-corrected chi connectivity index (χ3v) is 3.08. The first-order chi connectivity index (χ1) is 9.33. The summed E-state index contributed by atoms with van der Waals surface area (Å²) in [5.41, 5.74) is 0.958. The Labute approximate surface area is 111 Å². The number of aromatic nitrogens is 2. The van der Waals surface area contributed by atoms with Crippen molar-refractivity contribution in [1.82, 2.24) is 9.78 Å². The number of nitrogens with one attached hydrogen (secondary N) is 1. The SMILES string of the molecule is O=C(Nc1ccn(-c2ccccc2)n1)C1CCCO1. The number of rotatable bonds is 3. The van der Waals surface area contributed by atoms with E-state index in [1.165, 1.54) is 0 Å². The maximum absolute atomic E-state index is 11.9. The van der Waals surface area contributed by atoms with Crippen LogP contribution in [0.25, 0.3) is 5.69 Å². The summed E-state index contributed by atoms with van der Waals surface area (Å²) in [6, 6.07) is 11.5. The fraction of sp³-hybridized carbons (Fsp3) is 0.286. The van der Waals surface area contributed by atoms with Gasteiger partial charge in [0.1, 0.15) is 6.10 Å². The Hall–Kier alpha value is -2.14. The summed E-state index contributed by atoms with van der Waals surface area (Å²) in [5, 5.41) is 7.10. The molecule has 1 amide bonds. The highest BCUT2D eigenvalue weighted by Gasteiger charge is 2.23. The molecule has 1 atom stereocenters. The van der Waals surface area contributed by atoms with Gasteiger partial charge in [0.15, 0.2) is 5.82 Å². The third kappa shape index (κ3) is 2.66. The molecule has 0 bridgehead atoms. The van der Waals surface area contributed by atoms with Gasteiger partial charge < -0.3 is 10.1 Å². The van der Waals surface area contributed by atoms with Gasteiger partial charge in [0, 0.05) is 18.9 Å². The molecular weight excluding hydrogens is 242 g/mol. The zero-order valence-electron chi connectivity index (χ0n) is 10.5. The number of nitrogens with zero attached hydrogens (tertiary/aromatic N) is 2. The molecule has 5 nitrogen and oxygen atoms in total. The number of carbonyl (C=O) groups excluding carboxylic acids is 1. The molecule has 2 aromatic rings. The van der Waals surface area contributed by atoms with E-state index >= 15 is 0 Å². The van der Waals surface area contributed by atoms with E-state index in [1.807, 2.05) is 36.5 Å². The van der Waals surface area contributed by atoms with E-state index in [0.29, 0.717) is 12.4 Å². The smallest absolute Gasteiger partial charge is 0.254 e. The Morgan fingerprint density at radius 2 is 2.16 bits per heavy atom. The van der Waals surface area contributed by atoms with E-state index in [1.54, 1.807) is 10.7 Å². The zero-order valence-corrected chi connectivity index (χ0v) is 10.5. The van der Waals surface area contributed by atoms with Crippen molar-refractivity contribution >= 4 is 11.7 Å². The van der Waals surface area contributed by atoms with Crippen LogP contribution >= 0.6 is 0 Å². The van der Waals surface area contributed by atoms with Crippen LogP contribution in [-0.4, -0.2) is 28.4 Å². The van der Waals surface area contributed by atoms with Gasteiger partial charge in [-0.15, -0.1) is 0 Å². The van der Waals surface area contributed by atoms with Gasteiger partial charge >= 0.3 is 0 Å². The van der Waals surface area contributed by atoms with Crippen LogP contribution in [0.4, 0.5) is 5.82 Å². The minimum atomic E-state index is -0.332. The predicted molar refractivity (Wildman–Crippen MR) is 71.2 cm³/mol. The van der Waals surface area contributed by atoms with Crippen LogP contribution < -0.4 is 5.32 Å². The monoisotopic (exact) mass is 257 g/mol. The number of para-hydroxylation sites is 1. The number of ether oxygens (including phenoxy) is 1. The van der Waals surface area contributed by atoms with Crippen LogP contribution in [0, 0.1) is 0 Å². The van der Waals surface area contributed by atoms with E-state index in [9.17, 15) is 4.79 Å². The van der Waals surface area contributed by atoms with Gasteiger partial charge in [0.2, 0.25) is 0 Å². The molecule has 1 unspecified atom stereocenters. The Kier molecular flexibility index (Phi) is 3.29. The molecule has 1 aromatic carbocycles. The quantitative estimate of drug-likeness (QED) is 0.914. The third-order valence-electron chi connectivity index (χ3n) is 3.08. The molecule has 19 heavy (non-hydrogen) atoms.